The summed E-state index contributed by atoms with van der Waals surface area (Å²) in [6.07, 6.45) is -1.87. The number of fused-ring (bicyclic) bond motifs is 4. The number of rotatable bonds is 1. The number of hydrogen-bond donors (Lipinski definition) is 0. The van der Waals surface area contributed by atoms with Crippen LogP contribution in [0.3, 0.4) is 0 Å². The van der Waals surface area contributed by atoms with E-state index in [1.807, 2.05) is 13.8 Å². The molecule has 4 aliphatic heterocycles. The van der Waals surface area contributed by atoms with Gasteiger partial charge in [-0.3, -0.25) is 4.79 Å². The maximum atomic E-state index is 12.9. The van der Waals surface area contributed by atoms with Gasteiger partial charge in [0.05, 0.1) is 12.0 Å². The van der Waals surface area contributed by atoms with Crippen LogP contribution in [0.1, 0.15) is 20.3 Å². The van der Waals surface area contributed by atoms with Gasteiger partial charge in [-0.15, -0.1) is 0 Å². The van der Waals surface area contributed by atoms with Gasteiger partial charge in [-0.1, -0.05) is 6.92 Å². The lowest BCUT2D eigenvalue weighted by atomic mass is 9.60. The molecule has 1 spiro atoms. The minimum atomic E-state index is -0.969. The lowest BCUT2D eigenvalue weighted by Gasteiger charge is -2.59. The summed E-state index contributed by atoms with van der Waals surface area (Å²) < 4.78 is 22.9. The van der Waals surface area contributed by atoms with E-state index in [1.54, 1.807) is 7.11 Å². The highest BCUT2D eigenvalue weighted by Gasteiger charge is 2.73. The van der Waals surface area contributed by atoms with Crippen molar-refractivity contribution in [3.63, 3.8) is 0 Å². The SMILES string of the molecule is CO[C@@H]1C[C@]2(C)C(=O)[C@@H](C)[C@H]3O[C@@]2(CO1)C1OOC3O1. The van der Waals surface area contributed by atoms with E-state index in [0.717, 1.165) is 0 Å². The summed E-state index contributed by atoms with van der Waals surface area (Å²) in [5.74, 6) is -0.192. The van der Waals surface area contributed by atoms with Crippen molar-refractivity contribution in [3.05, 3.63) is 0 Å². The summed E-state index contributed by atoms with van der Waals surface area (Å²) in [6, 6.07) is 0. The molecule has 7 nitrogen and oxygen atoms in total. The molecule has 2 unspecified atom stereocenters. The molecule has 7 heteroatoms. The third-order valence-corrected chi connectivity index (χ3v) is 5.20. The first kappa shape index (κ1) is 13.1. The highest BCUT2D eigenvalue weighted by atomic mass is 17.3. The van der Waals surface area contributed by atoms with Crippen molar-refractivity contribution < 1.29 is 33.5 Å². The van der Waals surface area contributed by atoms with Crippen molar-refractivity contribution >= 4 is 5.78 Å². The topological polar surface area (TPSA) is 72.5 Å². The zero-order chi connectivity index (χ0) is 14.1. The Kier molecular flexibility index (Phi) is 2.62. The fourth-order valence-electron chi connectivity index (χ4n) is 3.83. The molecule has 0 aromatic rings. The summed E-state index contributed by atoms with van der Waals surface area (Å²) in [6.45, 7) is 3.89. The number of ether oxygens (including phenoxy) is 4. The molecule has 4 saturated heterocycles. The molecule has 4 aliphatic rings. The largest absolute Gasteiger partial charge is 0.357 e. The lowest BCUT2D eigenvalue weighted by Crippen LogP contribution is -2.75. The Morgan fingerprint density at radius 1 is 1.35 bits per heavy atom. The Bertz CT molecular complexity index is 454. The number of ketones is 1. The lowest BCUT2D eigenvalue weighted by molar-refractivity contribution is -0.376. The number of Topliss-reactive ketones (excluding diaryl/α,β-unsaturated/α-hetero) is 1. The number of hydrogen-bond acceptors (Lipinski definition) is 7. The molecule has 0 aromatic carbocycles. The van der Waals surface area contributed by atoms with E-state index >= 15 is 0 Å². The van der Waals surface area contributed by atoms with Crippen molar-refractivity contribution in [2.75, 3.05) is 13.7 Å². The van der Waals surface area contributed by atoms with Gasteiger partial charge in [0.1, 0.15) is 11.9 Å². The van der Waals surface area contributed by atoms with Gasteiger partial charge < -0.3 is 18.9 Å². The van der Waals surface area contributed by atoms with E-state index in [-0.39, 0.29) is 18.3 Å². The molecule has 0 radical (unpaired) electrons. The molecule has 4 heterocycles. The van der Waals surface area contributed by atoms with Gasteiger partial charge in [-0.25, -0.2) is 0 Å². The van der Waals surface area contributed by atoms with Gasteiger partial charge in [0, 0.05) is 19.4 Å². The van der Waals surface area contributed by atoms with E-state index in [1.165, 1.54) is 0 Å². The Balaban J connectivity index is 1.81. The van der Waals surface area contributed by atoms with Crippen LogP contribution in [-0.4, -0.2) is 50.1 Å². The van der Waals surface area contributed by atoms with Gasteiger partial charge in [0.25, 0.3) is 0 Å². The Morgan fingerprint density at radius 2 is 2.15 bits per heavy atom. The molecular formula is C13H18O7. The Morgan fingerprint density at radius 3 is 2.90 bits per heavy atom. The molecule has 0 aliphatic carbocycles. The van der Waals surface area contributed by atoms with Crippen LogP contribution in [0.25, 0.3) is 0 Å². The Labute approximate surface area is 116 Å². The van der Waals surface area contributed by atoms with Gasteiger partial charge in [-0.2, -0.15) is 9.78 Å². The third kappa shape index (κ3) is 1.33. The second kappa shape index (κ2) is 4.00. The quantitative estimate of drug-likeness (QED) is 0.645. The maximum absolute atomic E-state index is 12.9. The summed E-state index contributed by atoms with van der Waals surface area (Å²) >= 11 is 0. The molecule has 0 amide bonds. The normalized spacial score (nSPS) is 57.5. The highest BCUT2D eigenvalue weighted by Crippen LogP contribution is 2.57. The second-order valence-electron chi connectivity index (χ2n) is 6.17. The Hall–Kier alpha value is -0.570. The van der Waals surface area contributed by atoms with E-state index in [2.05, 4.69) is 0 Å². The van der Waals surface area contributed by atoms with Crippen molar-refractivity contribution in [2.45, 2.75) is 50.8 Å². The van der Waals surface area contributed by atoms with Crippen LogP contribution < -0.4 is 0 Å². The standard InChI is InChI=1S/C13H18O7/c1-6-8-10-17-11(20-19-10)13(18-8)5-16-7(15-3)4-12(13,2)9(6)14/h6-8,10-11H,4-5H2,1-3H3/t6-,7-,8+,10?,11?,12+,13-/m0/s1. The molecule has 4 bridgehead atoms. The van der Waals surface area contributed by atoms with E-state index in [9.17, 15) is 4.79 Å². The predicted molar refractivity (Wildman–Crippen MR) is 62.1 cm³/mol. The molecule has 20 heavy (non-hydrogen) atoms. The van der Waals surface area contributed by atoms with Crippen LogP contribution in [0.5, 0.6) is 0 Å². The molecule has 4 rings (SSSR count). The number of methoxy groups -OCH3 is 1. The molecular weight excluding hydrogens is 268 g/mol. The molecule has 0 aromatic heterocycles. The van der Waals surface area contributed by atoms with Crippen molar-refractivity contribution in [2.24, 2.45) is 11.3 Å². The van der Waals surface area contributed by atoms with Gasteiger partial charge >= 0.3 is 0 Å². The average Bonchev–Trinajstić information content (AvgIpc) is 2.89. The van der Waals surface area contributed by atoms with Crippen molar-refractivity contribution in [1.82, 2.24) is 0 Å². The van der Waals surface area contributed by atoms with Crippen LogP contribution in [0.4, 0.5) is 0 Å². The minimum absolute atomic E-state index is 0.131. The molecule has 112 valence electrons. The summed E-state index contributed by atoms with van der Waals surface area (Å²) in [5, 5.41) is 0. The second-order valence-corrected chi connectivity index (χ2v) is 6.17. The summed E-state index contributed by atoms with van der Waals surface area (Å²) in [5.41, 5.74) is -1.76. The summed E-state index contributed by atoms with van der Waals surface area (Å²) in [4.78, 5) is 23.3. The van der Waals surface area contributed by atoms with Crippen LogP contribution in [-0.2, 0) is 33.5 Å². The first-order valence-corrected chi connectivity index (χ1v) is 6.86. The van der Waals surface area contributed by atoms with Crippen molar-refractivity contribution in [1.29, 1.82) is 0 Å². The monoisotopic (exact) mass is 286 g/mol. The summed E-state index contributed by atoms with van der Waals surface area (Å²) in [7, 11) is 1.56. The third-order valence-electron chi connectivity index (χ3n) is 5.20. The molecule has 0 saturated carbocycles. The van der Waals surface area contributed by atoms with Crippen LogP contribution in [0.15, 0.2) is 0 Å². The maximum Gasteiger partial charge on any atom is 0.226 e. The molecule has 4 fully saturated rings. The number of carbonyl (C=O) groups excluding carboxylic acids is 1. The van der Waals surface area contributed by atoms with Gasteiger partial charge in [0.2, 0.25) is 12.6 Å². The zero-order valence-electron chi connectivity index (χ0n) is 11.7. The van der Waals surface area contributed by atoms with Crippen LogP contribution in [0, 0.1) is 11.3 Å². The smallest absolute Gasteiger partial charge is 0.226 e. The fourth-order valence-corrected chi connectivity index (χ4v) is 3.83. The van der Waals surface area contributed by atoms with E-state index in [0.29, 0.717) is 6.42 Å². The first-order chi connectivity index (χ1) is 9.52. The average molecular weight is 286 g/mol. The molecule has 0 N–H and O–H groups in total. The van der Waals surface area contributed by atoms with Crippen LogP contribution in [0.2, 0.25) is 0 Å². The molecule has 7 atom stereocenters. The van der Waals surface area contributed by atoms with Crippen molar-refractivity contribution in [3.8, 4) is 0 Å². The number of carbonyl (C=O) groups is 1. The first-order valence-electron chi connectivity index (χ1n) is 6.86. The van der Waals surface area contributed by atoms with Crippen LogP contribution >= 0.6 is 0 Å². The predicted octanol–water partition coefficient (Wildman–Crippen LogP) is 0.372. The van der Waals surface area contributed by atoms with E-state index in [4.69, 9.17) is 28.7 Å². The van der Waals surface area contributed by atoms with Gasteiger partial charge in [0.15, 0.2) is 11.9 Å². The minimum Gasteiger partial charge on any atom is -0.357 e. The van der Waals surface area contributed by atoms with E-state index < -0.39 is 36.0 Å². The fraction of sp³-hybridized carbons (Fsp3) is 0.923. The highest BCUT2D eigenvalue weighted by molar-refractivity contribution is 5.89. The zero-order valence-corrected chi connectivity index (χ0v) is 11.7. The van der Waals surface area contributed by atoms with Gasteiger partial charge in [-0.05, 0) is 6.92 Å².